The predicted octanol–water partition coefficient (Wildman–Crippen LogP) is 2.39. The van der Waals surface area contributed by atoms with E-state index in [9.17, 15) is 4.79 Å². The van der Waals surface area contributed by atoms with Gasteiger partial charge in [0.1, 0.15) is 5.82 Å². The second-order valence-corrected chi connectivity index (χ2v) is 5.58. The Balaban J connectivity index is 1.84. The SMILES string of the molecule is CCC(C)n1nccc1NC(=O)c1nn2c(c1C)OCCC2. The van der Waals surface area contributed by atoms with Crippen LogP contribution in [0.4, 0.5) is 5.82 Å². The molecule has 2 aromatic heterocycles. The summed E-state index contributed by atoms with van der Waals surface area (Å²) in [6.07, 6.45) is 3.54. The van der Waals surface area contributed by atoms with Crippen molar-refractivity contribution in [2.24, 2.45) is 0 Å². The quantitative estimate of drug-likeness (QED) is 0.941. The molecule has 1 aliphatic rings. The number of nitrogens with zero attached hydrogens (tertiary/aromatic N) is 4. The number of amides is 1. The second kappa shape index (κ2) is 5.82. The van der Waals surface area contributed by atoms with E-state index in [1.54, 1.807) is 16.9 Å². The molecule has 0 radical (unpaired) electrons. The standard InChI is InChI=1S/C15H21N5O2/c1-4-10(2)20-12(6-7-16-20)17-14(21)13-11(3)15-19(18-13)8-5-9-22-15/h6-7,10H,4-5,8-9H2,1-3H3,(H,17,21). The Morgan fingerprint density at radius 1 is 1.55 bits per heavy atom. The van der Waals surface area contributed by atoms with Gasteiger partial charge in [0.25, 0.3) is 5.91 Å². The van der Waals surface area contributed by atoms with Crippen molar-refractivity contribution in [2.45, 2.75) is 46.2 Å². The van der Waals surface area contributed by atoms with Gasteiger partial charge in [-0.05, 0) is 20.3 Å². The Kier molecular flexibility index (Phi) is 3.87. The van der Waals surface area contributed by atoms with Gasteiger partial charge in [0.15, 0.2) is 5.69 Å². The molecule has 118 valence electrons. The van der Waals surface area contributed by atoms with E-state index in [-0.39, 0.29) is 11.9 Å². The van der Waals surface area contributed by atoms with Crippen molar-refractivity contribution in [3.8, 4) is 5.88 Å². The fraction of sp³-hybridized carbons (Fsp3) is 0.533. The average molecular weight is 303 g/mol. The maximum atomic E-state index is 12.5. The van der Waals surface area contributed by atoms with Crippen LogP contribution in [-0.4, -0.2) is 32.1 Å². The first-order chi connectivity index (χ1) is 10.6. The predicted molar refractivity (Wildman–Crippen MR) is 82.3 cm³/mol. The lowest BCUT2D eigenvalue weighted by atomic mass is 10.2. The minimum atomic E-state index is -0.229. The Hall–Kier alpha value is -2.31. The number of aromatic nitrogens is 4. The summed E-state index contributed by atoms with van der Waals surface area (Å²) < 4.78 is 9.19. The lowest BCUT2D eigenvalue weighted by Crippen LogP contribution is -2.19. The van der Waals surface area contributed by atoms with E-state index in [0.29, 0.717) is 24.0 Å². The molecule has 22 heavy (non-hydrogen) atoms. The van der Waals surface area contributed by atoms with E-state index in [2.05, 4.69) is 29.4 Å². The number of nitrogens with one attached hydrogen (secondary N) is 1. The first kappa shape index (κ1) is 14.6. The fourth-order valence-electron chi connectivity index (χ4n) is 2.58. The minimum Gasteiger partial charge on any atom is -0.478 e. The van der Waals surface area contributed by atoms with Crippen molar-refractivity contribution in [3.63, 3.8) is 0 Å². The highest BCUT2D eigenvalue weighted by Crippen LogP contribution is 2.26. The summed E-state index contributed by atoms with van der Waals surface area (Å²) in [5.74, 6) is 1.16. The molecular formula is C15H21N5O2. The molecule has 0 bridgehead atoms. The summed E-state index contributed by atoms with van der Waals surface area (Å²) in [5.41, 5.74) is 1.20. The van der Waals surface area contributed by atoms with Gasteiger partial charge in [0, 0.05) is 24.6 Å². The third-order valence-electron chi connectivity index (χ3n) is 4.02. The number of hydrogen-bond donors (Lipinski definition) is 1. The van der Waals surface area contributed by atoms with Gasteiger partial charge >= 0.3 is 0 Å². The van der Waals surface area contributed by atoms with Crippen molar-refractivity contribution in [2.75, 3.05) is 11.9 Å². The first-order valence-electron chi connectivity index (χ1n) is 7.67. The zero-order chi connectivity index (χ0) is 15.7. The van der Waals surface area contributed by atoms with Crippen LogP contribution in [0.3, 0.4) is 0 Å². The Bertz CT molecular complexity index is 688. The highest BCUT2D eigenvalue weighted by molar-refractivity contribution is 6.03. The number of rotatable bonds is 4. The Morgan fingerprint density at radius 3 is 3.09 bits per heavy atom. The lowest BCUT2D eigenvalue weighted by Gasteiger charge is -2.14. The maximum Gasteiger partial charge on any atom is 0.277 e. The van der Waals surface area contributed by atoms with E-state index in [1.807, 2.05) is 11.6 Å². The van der Waals surface area contributed by atoms with Gasteiger partial charge in [-0.1, -0.05) is 6.92 Å². The topological polar surface area (TPSA) is 74.0 Å². The molecule has 1 aliphatic heterocycles. The van der Waals surface area contributed by atoms with Crippen molar-refractivity contribution in [1.82, 2.24) is 19.6 Å². The molecule has 0 saturated carbocycles. The van der Waals surface area contributed by atoms with Gasteiger partial charge in [0.05, 0.1) is 18.8 Å². The number of carbonyl (C=O) groups excluding carboxylic acids is 1. The summed E-state index contributed by atoms with van der Waals surface area (Å²) >= 11 is 0. The molecule has 3 heterocycles. The van der Waals surface area contributed by atoms with Crippen molar-refractivity contribution < 1.29 is 9.53 Å². The normalized spacial score (nSPS) is 15.0. The average Bonchev–Trinajstić information content (AvgIpc) is 3.12. The van der Waals surface area contributed by atoms with Gasteiger partial charge in [-0.2, -0.15) is 10.2 Å². The number of ether oxygens (including phenoxy) is 1. The van der Waals surface area contributed by atoms with Crippen LogP contribution in [0.5, 0.6) is 5.88 Å². The second-order valence-electron chi connectivity index (χ2n) is 5.58. The largest absolute Gasteiger partial charge is 0.478 e. The molecule has 0 aliphatic carbocycles. The van der Waals surface area contributed by atoms with Gasteiger partial charge in [-0.15, -0.1) is 0 Å². The molecule has 2 aromatic rings. The van der Waals surface area contributed by atoms with Crippen molar-refractivity contribution >= 4 is 11.7 Å². The highest BCUT2D eigenvalue weighted by atomic mass is 16.5. The molecule has 7 heteroatoms. The van der Waals surface area contributed by atoms with Crippen LogP contribution >= 0.6 is 0 Å². The van der Waals surface area contributed by atoms with Gasteiger partial charge in [-0.3, -0.25) is 4.79 Å². The van der Waals surface area contributed by atoms with Crippen LogP contribution in [0.1, 0.15) is 48.8 Å². The smallest absolute Gasteiger partial charge is 0.277 e. The fourth-order valence-corrected chi connectivity index (χ4v) is 2.58. The van der Waals surface area contributed by atoms with Crippen molar-refractivity contribution in [3.05, 3.63) is 23.5 Å². The summed E-state index contributed by atoms with van der Waals surface area (Å²) in [7, 11) is 0. The molecule has 1 amide bonds. The molecule has 7 nitrogen and oxygen atoms in total. The van der Waals surface area contributed by atoms with E-state index < -0.39 is 0 Å². The van der Waals surface area contributed by atoms with Crippen LogP contribution in [0, 0.1) is 6.92 Å². The van der Waals surface area contributed by atoms with E-state index in [1.165, 1.54) is 0 Å². The third kappa shape index (κ3) is 2.47. The van der Waals surface area contributed by atoms with Crippen LogP contribution in [-0.2, 0) is 6.54 Å². The van der Waals surface area contributed by atoms with Gasteiger partial charge in [0.2, 0.25) is 5.88 Å². The number of carbonyl (C=O) groups is 1. The molecular weight excluding hydrogens is 282 g/mol. The van der Waals surface area contributed by atoms with Crippen LogP contribution in [0.15, 0.2) is 12.3 Å². The van der Waals surface area contributed by atoms with Gasteiger partial charge in [-0.25, -0.2) is 9.36 Å². The van der Waals surface area contributed by atoms with E-state index in [0.717, 1.165) is 24.9 Å². The monoisotopic (exact) mass is 303 g/mol. The highest BCUT2D eigenvalue weighted by Gasteiger charge is 2.24. The zero-order valence-electron chi connectivity index (χ0n) is 13.2. The van der Waals surface area contributed by atoms with Crippen LogP contribution in [0.2, 0.25) is 0 Å². The molecule has 1 N–H and O–H groups in total. The maximum absolute atomic E-state index is 12.5. The molecule has 3 rings (SSSR count). The number of hydrogen-bond acceptors (Lipinski definition) is 4. The molecule has 0 aromatic carbocycles. The van der Waals surface area contributed by atoms with E-state index >= 15 is 0 Å². The minimum absolute atomic E-state index is 0.227. The first-order valence-corrected chi connectivity index (χ1v) is 7.67. The number of fused-ring (bicyclic) bond motifs is 1. The molecule has 1 unspecified atom stereocenters. The molecule has 0 fully saturated rings. The molecule has 0 saturated heterocycles. The van der Waals surface area contributed by atoms with E-state index in [4.69, 9.17) is 4.74 Å². The molecule has 1 atom stereocenters. The van der Waals surface area contributed by atoms with Crippen LogP contribution < -0.4 is 10.1 Å². The van der Waals surface area contributed by atoms with Crippen molar-refractivity contribution in [1.29, 1.82) is 0 Å². The third-order valence-corrected chi connectivity index (χ3v) is 4.02. The summed E-state index contributed by atoms with van der Waals surface area (Å²) in [6.45, 7) is 7.48. The summed E-state index contributed by atoms with van der Waals surface area (Å²) in [5, 5.41) is 11.6. The Morgan fingerprint density at radius 2 is 2.36 bits per heavy atom. The zero-order valence-corrected chi connectivity index (χ0v) is 13.2. The lowest BCUT2D eigenvalue weighted by molar-refractivity contribution is 0.101. The number of anilines is 1. The summed E-state index contributed by atoms with van der Waals surface area (Å²) in [4.78, 5) is 12.5. The molecule has 0 spiro atoms. The van der Waals surface area contributed by atoms with Gasteiger partial charge < -0.3 is 10.1 Å². The number of aryl methyl sites for hydroxylation is 1. The van der Waals surface area contributed by atoms with Crippen LogP contribution in [0.25, 0.3) is 0 Å². The Labute approximate surface area is 129 Å². The summed E-state index contributed by atoms with van der Waals surface area (Å²) in [6, 6.07) is 2.02.